The first-order chi connectivity index (χ1) is 11.8. The molecule has 0 spiro atoms. The Labute approximate surface area is 148 Å². The third-order valence-corrected chi connectivity index (χ3v) is 5.13. The van der Waals surface area contributed by atoms with Gasteiger partial charge in [-0.1, -0.05) is 80.9 Å². The molecule has 2 aromatic carbocycles. The molecule has 0 radical (unpaired) electrons. The van der Waals surface area contributed by atoms with Crippen LogP contribution < -0.4 is 0 Å². The van der Waals surface area contributed by atoms with E-state index in [1.807, 2.05) is 67.6 Å². The Bertz CT molecular complexity index is 598. The van der Waals surface area contributed by atoms with Crippen LogP contribution in [0.4, 0.5) is 13.2 Å². The normalized spacial score (nSPS) is 13.9. The van der Waals surface area contributed by atoms with Gasteiger partial charge in [0, 0.05) is 12.0 Å². The summed E-state index contributed by atoms with van der Waals surface area (Å²) in [4.78, 5) is 0.511. The maximum atomic E-state index is 13.2. The number of rotatable bonds is 7. The average molecular weight is 349 g/mol. The molecule has 25 heavy (non-hydrogen) atoms. The first kappa shape index (κ1) is 19.5. The Morgan fingerprint density at radius 2 is 1.32 bits per heavy atom. The molecule has 0 aliphatic rings. The first-order valence-electron chi connectivity index (χ1n) is 8.69. The van der Waals surface area contributed by atoms with Gasteiger partial charge in [0.1, 0.15) is 0 Å². The van der Waals surface area contributed by atoms with E-state index in [1.165, 1.54) is 0 Å². The van der Waals surface area contributed by atoms with Gasteiger partial charge in [-0.25, -0.2) is 4.90 Å². The fourth-order valence-corrected chi connectivity index (χ4v) is 3.55. The lowest BCUT2D eigenvalue weighted by Gasteiger charge is -2.41. The summed E-state index contributed by atoms with van der Waals surface area (Å²) in [5, 5.41) is 0. The van der Waals surface area contributed by atoms with Crippen LogP contribution in [0.5, 0.6) is 0 Å². The zero-order valence-corrected chi connectivity index (χ0v) is 15.1. The molecule has 1 nitrogen and oxygen atoms in total. The van der Waals surface area contributed by atoms with Gasteiger partial charge in [0.05, 0.1) is 0 Å². The van der Waals surface area contributed by atoms with E-state index < -0.39 is 11.7 Å². The fourth-order valence-electron chi connectivity index (χ4n) is 3.55. The van der Waals surface area contributed by atoms with Gasteiger partial charge in [0.25, 0.3) is 0 Å². The van der Waals surface area contributed by atoms with Crippen molar-refractivity contribution in [2.45, 2.75) is 38.4 Å². The summed E-state index contributed by atoms with van der Waals surface area (Å²) in [5.41, 5.74) is 1.61. The van der Waals surface area contributed by atoms with Gasteiger partial charge >= 0.3 is 6.30 Å². The summed E-state index contributed by atoms with van der Waals surface area (Å²) in [5.74, 6) is -0.158. The minimum absolute atomic E-state index is 0.0301. The molecule has 0 aliphatic heterocycles. The van der Waals surface area contributed by atoms with Crippen molar-refractivity contribution in [3.63, 3.8) is 0 Å². The maximum absolute atomic E-state index is 13.2. The minimum Gasteiger partial charge on any atom is -0.217 e. The zero-order valence-electron chi connectivity index (χ0n) is 15.1. The highest BCUT2D eigenvalue weighted by atomic mass is 19.4. The smallest absolute Gasteiger partial charge is 0.217 e. The molecule has 2 aromatic rings. The van der Waals surface area contributed by atoms with E-state index in [2.05, 4.69) is 6.92 Å². The fraction of sp³-hybridized carbons (Fsp3) is 0.429. The molecular weight excluding hydrogens is 323 g/mol. The summed E-state index contributed by atoms with van der Waals surface area (Å²) in [6.45, 7) is 4.07. The van der Waals surface area contributed by atoms with Gasteiger partial charge in [0.15, 0.2) is 0 Å². The highest BCUT2D eigenvalue weighted by Crippen LogP contribution is 2.42. The van der Waals surface area contributed by atoms with Gasteiger partial charge in [-0.3, -0.25) is 0 Å². The molecule has 0 bridgehead atoms. The third kappa shape index (κ3) is 4.43. The van der Waals surface area contributed by atoms with Crippen LogP contribution in [0.2, 0.25) is 0 Å². The van der Waals surface area contributed by atoms with Crippen molar-refractivity contribution < 1.29 is 13.2 Å². The number of nitrogens with zero attached hydrogens (tertiary/aromatic N) is 1. The summed E-state index contributed by atoms with van der Waals surface area (Å²) >= 11 is 0. The van der Waals surface area contributed by atoms with Crippen molar-refractivity contribution in [3.05, 3.63) is 71.8 Å². The predicted octanol–water partition coefficient (Wildman–Crippen LogP) is 5.86. The first-order valence-corrected chi connectivity index (χ1v) is 8.69. The van der Waals surface area contributed by atoms with E-state index in [4.69, 9.17) is 0 Å². The number of hydrogen-bond acceptors (Lipinski definition) is 1. The molecule has 1 unspecified atom stereocenters. The van der Waals surface area contributed by atoms with Crippen LogP contribution in [0.3, 0.4) is 0 Å². The molecule has 0 amide bonds. The van der Waals surface area contributed by atoms with Crippen LogP contribution in [-0.2, 0) is 5.41 Å². The SMILES string of the molecule is CCCC(CN(C)C(F)(F)F)C(C)(c1ccccc1)c1ccccc1. The van der Waals surface area contributed by atoms with Crippen LogP contribution in [-0.4, -0.2) is 24.8 Å². The van der Waals surface area contributed by atoms with E-state index in [0.29, 0.717) is 4.90 Å². The number of halogens is 3. The Morgan fingerprint density at radius 1 is 0.880 bits per heavy atom. The molecule has 0 saturated carbocycles. The topological polar surface area (TPSA) is 3.24 Å². The van der Waals surface area contributed by atoms with Crippen molar-refractivity contribution >= 4 is 0 Å². The van der Waals surface area contributed by atoms with E-state index in [1.54, 1.807) is 0 Å². The second-order valence-corrected chi connectivity index (χ2v) is 6.77. The van der Waals surface area contributed by atoms with Gasteiger partial charge < -0.3 is 0 Å². The molecule has 4 heteroatoms. The summed E-state index contributed by atoms with van der Waals surface area (Å²) in [6.07, 6.45) is -2.76. The van der Waals surface area contributed by atoms with Crippen LogP contribution >= 0.6 is 0 Å². The van der Waals surface area contributed by atoms with Crippen molar-refractivity contribution in [2.75, 3.05) is 13.6 Å². The van der Waals surface area contributed by atoms with Gasteiger partial charge in [-0.2, -0.15) is 13.2 Å². The number of alkyl halides is 3. The standard InChI is InChI=1S/C21H26F3N/c1-4-11-19(16-25(3)21(22,23)24)20(2,17-12-7-5-8-13-17)18-14-9-6-10-15-18/h5-10,12-15,19H,4,11,16H2,1-3H3. The van der Waals surface area contributed by atoms with E-state index in [-0.39, 0.29) is 12.5 Å². The monoisotopic (exact) mass is 349 g/mol. The van der Waals surface area contributed by atoms with Crippen molar-refractivity contribution in [1.29, 1.82) is 0 Å². The highest BCUT2D eigenvalue weighted by Gasteiger charge is 2.42. The lowest BCUT2D eigenvalue weighted by Crippen LogP contribution is -2.45. The van der Waals surface area contributed by atoms with E-state index in [9.17, 15) is 13.2 Å². The van der Waals surface area contributed by atoms with E-state index in [0.717, 1.165) is 31.0 Å². The lowest BCUT2D eigenvalue weighted by atomic mass is 9.65. The summed E-state index contributed by atoms with van der Waals surface area (Å²) in [7, 11) is 1.14. The second-order valence-electron chi connectivity index (χ2n) is 6.77. The number of hydrogen-bond donors (Lipinski definition) is 0. The second kappa shape index (κ2) is 8.05. The molecule has 1 atom stereocenters. The number of benzene rings is 2. The zero-order chi connectivity index (χ0) is 18.5. The van der Waals surface area contributed by atoms with Crippen LogP contribution in [0.1, 0.15) is 37.8 Å². The molecule has 136 valence electrons. The molecule has 0 saturated heterocycles. The van der Waals surface area contributed by atoms with Crippen molar-refractivity contribution in [1.82, 2.24) is 4.90 Å². The Kier molecular flexibility index (Phi) is 6.28. The minimum atomic E-state index is -4.32. The summed E-state index contributed by atoms with van der Waals surface area (Å²) < 4.78 is 39.5. The lowest BCUT2D eigenvalue weighted by molar-refractivity contribution is -0.240. The Hall–Kier alpha value is -1.81. The van der Waals surface area contributed by atoms with Crippen LogP contribution in [0.15, 0.2) is 60.7 Å². The third-order valence-electron chi connectivity index (χ3n) is 5.13. The highest BCUT2D eigenvalue weighted by molar-refractivity contribution is 5.39. The largest absolute Gasteiger partial charge is 0.459 e. The molecule has 2 rings (SSSR count). The molecule has 0 heterocycles. The molecule has 0 aromatic heterocycles. The molecule has 0 fully saturated rings. The van der Waals surface area contributed by atoms with Gasteiger partial charge in [0.2, 0.25) is 0 Å². The van der Waals surface area contributed by atoms with Gasteiger partial charge in [-0.05, 0) is 30.5 Å². The predicted molar refractivity (Wildman–Crippen MR) is 96.4 cm³/mol. The Morgan fingerprint density at radius 3 is 1.68 bits per heavy atom. The molecule has 0 aliphatic carbocycles. The Balaban J connectivity index is 2.51. The van der Waals surface area contributed by atoms with Crippen LogP contribution in [0, 0.1) is 5.92 Å². The maximum Gasteiger partial charge on any atom is 0.459 e. The summed E-state index contributed by atoms with van der Waals surface area (Å²) in [6, 6.07) is 19.7. The molecular formula is C21H26F3N. The van der Waals surface area contributed by atoms with E-state index >= 15 is 0 Å². The van der Waals surface area contributed by atoms with Gasteiger partial charge in [-0.15, -0.1) is 0 Å². The molecule has 0 N–H and O–H groups in total. The van der Waals surface area contributed by atoms with Crippen molar-refractivity contribution in [3.8, 4) is 0 Å². The van der Waals surface area contributed by atoms with Crippen LogP contribution in [0.25, 0.3) is 0 Å². The average Bonchev–Trinajstić information content (AvgIpc) is 2.61. The van der Waals surface area contributed by atoms with Crippen molar-refractivity contribution in [2.24, 2.45) is 5.92 Å². The quantitative estimate of drug-likeness (QED) is 0.566.